The van der Waals surface area contributed by atoms with Crippen molar-refractivity contribution >= 4 is 17.3 Å². The predicted octanol–water partition coefficient (Wildman–Crippen LogP) is 3.45. The van der Waals surface area contributed by atoms with Gasteiger partial charge in [-0.3, -0.25) is 9.79 Å². The highest BCUT2D eigenvalue weighted by molar-refractivity contribution is 6.20. The molecule has 1 aliphatic rings. The minimum atomic E-state index is -0.00599. The van der Waals surface area contributed by atoms with Crippen LogP contribution in [0.15, 0.2) is 59.6 Å². The lowest BCUT2D eigenvalue weighted by molar-refractivity contribution is -0.116. The fraction of sp³-hybridized carbons (Fsp3) is 0.222. The number of likely N-dealkylation sites (N-methyl/N-ethyl adjacent to an activating group) is 1. The summed E-state index contributed by atoms with van der Waals surface area (Å²) in [5, 5.41) is 0. The summed E-state index contributed by atoms with van der Waals surface area (Å²) >= 11 is 0. The van der Waals surface area contributed by atoms with Crippen molar-refractivity contribution in [3.05, 3.63) is 65.8 Å². The Labute approximate surface area is 126 Å². The van der Waals surface area contributed by atoms with Gasteiger partial charge in [0.1, 0.15) is 6.54 Å². The first-order chi connectivity index (χ1) is 10.1. The number of benzene rings is 1. The molecule has 0 radical (unpaired) electrons. The zero-order valence-electron chi connectivity index (χ0n) is 12.8. The molecule has 0 aliphatic carbocycles. The van der Waals surface area contributed by atoms with Gasteiger partial charge in [-0.25, -0.2) is 0 Å². The number of hydrogen-bond donors (Lipinski definition) is 0. The number of hydrogen-bond acceptors (Lipinski definition) is 2. The van der Waals surface area contributed by atoms with E-state index in [-0.39, 0.29) is 12.5 Å². The fourth-order valence-electron chi connectivity index (χ4n) is 2.37. The van der Waals surface area contributed by atoms with Gasteiger partial charge in [-0.15, -0.1) is 0 Å². The van der Waals surface area contributed by atoms with Crippen LogP contribution in [0.5, 0.6) is 0 Å². The summed E-state index contributed by atoms with van der Waals surface area (Å²) in [5.74, 6) is -0.00599. The van der Waals surface area contributed by atoms with Crippen LogP contribution in [0.2, 0.25) is 0 Å². The Bertz CT molecular complexity index is 666. The quantitative estimate of drug-likeness (QED) is 0.781. The normalized spacial score (nSPS) is 15.8. The second kappa shape index (κ2) is 6.35. The zero-order chi connectivity index (χ0) is 15.4. The van der Waals surface area contributed by atoms with E-state index in [0.717, 1.165) is 28.1 Å². The van der Waals surface area contributed by atoms with Crippen LogP contribution >= 0.6 is 0 Å². The topological polar surface area (TPSA) is 32.7 Å². The van der Waals surface area contributed by atoms with Gasteiger partial charge in [0.25, 0.3) is 0 Å². The average molecular weight is 280 g/mol. The molecule has 3 heteroatoms. The maximum Gasteiger partial charge on any atom is 0.248 e. The molecule has 1 amide bonds. The third kappa shape index (κ3) is 3.02. The van der Waals surface area contributed by atoms with Gasteiger partial charge in [0, 0.05) is 18.2 Å². The summed E-state index contributed by atoms with van der Waals surface area (Å²) < 4.78 is 0. The minimum absolute atomic E-state index is 0.00599. The lowest BCUT2D eigenvalue weighted by Gasteiger charge is -2.18. The number of rotatable bonds is 3. The van der Waals surface area contributed by atoms with E-state index in [4.69, 9.17) is 0 Å². The van der Waals surface area contributed by atoms with Crippen LogP contribution in [0, 0.1) is 6.92 Å². The van der Waals surface area contributed by atoms with E-state index in [1.54, 1.807) is 18.0 Å². The maximum atomic E-state index is 12.1. The highest BCUT2D eigenvalue weighted by atomic mass is 16.2. The number of anilines is 1. The summed E-state index contributed by atoms with van der Waals surface area (Å²) in [5.41, 5.74) is 4.81. The first-order valence-electron chi connectivity index (χ1n) is 6.96. The van der Waals surface area contributed by atoms with Gasteiger partial charge in [0.15, 0.2) is 0 Å². The van der Waals surface area contributed by atoms with E-state index in [9.17, 15) is 4.79 Å². The second-order valence-electron chi connectivity index (χ2n) is 5.00. The first kappa shape index (κ1) is 15.0. The molecule has 0 fully saturated rings. The van der Waals surface area contributed by atoms with Crippen molar-refractivity contribution < 1.29 is 4.79 Å². The summed E-state index contributed by atoms with van der Waals surface area (Å²) in [4.78, 5) is 18.3. The summed E-state index contributed by atoms with van der Waals surface area (Å²) in [6.07, 6.45) is 7.61. The van der Waals surface area contributed by atoms with E-state index >= 15 is 0 Å². The van der Waals surface area contributed by atoms with Crippen molar-refractivity contribution in [2.24, 2.45) is 4.99 Å². The molecular weight excluding hydrogens is 260 g/mol. The standard InChI is InChI=1S/C18H20N2O/c1-5-7-14(8-6-2)18-15-11-13(3)9-10-16(15)20(4)17(21)12-19-18/h5-11H,1,12H2,2-4H3/b8-6-,14-7+. The third-order valence-electron chi connectivity index (χ3n) is 3.43. The van der Waals surface area contributed by atoms with Crippen molar-refractivity contribution in [2.75, 3.05) is 18.5 Å². The zero-order valence-corrected chi connectivity index (χ0v) is 12.8. The van der Waals surface area contributed by atoms with E-state index in [2.05, 4.69) is 17.6 Å². The molecule has 0 N–H and O–H groups in total. The molecule has 2 rings (SSSR count). The van der Waals surface area contributed by atoms with Gasteiger partial charge >= 0.3 is 0 Å². The van der Waals surface area contributed by atoms with Crippen LogP contribution in [0.1, 0.15) is 18.1 Å². The number of carbonyl (C=O) groups is 1. The van der Waals surface area contributed by atoms with Crippen LogP contribution in [-0.2, 0) is 4.79 Å². The van der Waals surface area contributed by atoms with E-state index in [1.165, 1.54) is 0 Å². The van der Waals surface area contributed by atoms with Crippen molar-refractivity contribution in [1.29, 1.82) is 0 Å². The van der Waals surface area contributed by atoms with Crippen molar-refractivity contribution in [1.82, 2.24) is 0 Å². The Hall–Kier alpha value is -2.42. The number of fused-ring (bicyclic) bond motifs is 1. The average Bonchev–Trinajstić information content (AvgIpc) is 2.57. The summed E-state index contributed by atoms with van der Waals surface area (Å²) in [6, 6.07) is 6.06. The molecular formula is C18H20N2O. The minimum Gasteiger partial charge on any atom is -0.313 e. The largest absolute Gasteiger partial charge is 0.313 e. The summed E-state index contributed by atoms with van der Waals surface area (Å²) in [6.45, 7) is 7.92. The molecule has 0 aromatic heterocycles. The Morgan fingerprint density at radius 1 is 1.43 bits per heavy atom. The molecule has 21 heavy (non-hydrogen) atoms. The number of carbonyl (C=O) groups excluding carboxylic acids is 1. The van der Waals surface area contributed by atoms with E-state index < -0.39 is 0 Å². The Morgan fingerprint density at radius 3 is 2.86 bits per heavy atom. The first-order valence-corrected chi connectivity index (χ1v) is 6.96. The molecule has 1 aliphatic heterocycles. The number of aliphatic imine (C=N–C) groups is 1. The van der Waals surface area contributed by atoms with Gasteiger partial charge in [-0.2, -0.15) is 0 Å². The maximum absolute atomic E-state index is 12.1. The highest BCUT2D eigenvalue weighted by Gasteiger charge is 2.22. The number of allylic oxidation sites excluding steroid dienone is 5. The van der Waals surface area contributed by atoms with Crippen LogP contribution in [0.3, 0.4) is 0 Å². The van der Waals surface area contributed by atoms with Gasteiger partial charge in [-0.05, 0) is 26.0 Å². The van der Waals surface area contributed by atoms with Crippen LogP contribution < -0.4 is 4.90 Å². The molecule has 0 unspecified atom stereocenters. The molecule has 0 saturated carbocycles. The smallest absolute Gasteiger partial charge is 0.248 e. The Kier molecular flexibility index (Phi) is 4.53. The fourth-order valence-corrected chi connectivity index (χ4v) is 2.37. The molecule has 0 bridgehead atoms. The number of amides is 1. The van der Waals surface area contributed by atoms with Crippen molar-refractivity contribution in [3.63, 3.8) is 0 Å². The van der Waals surface area contributed by atoms with Crippen molar-refractivity contribution in [2.45, 2.75) is 13.8 Å². The number of benzodiazepines with no additional fused rings is 1. The molecule has 0 spiro atoms. The predicted molar refractivity (Wildman–Crippen MR) is 89.1 cm³/mol. The third-order valence-corrected chi connectivity index (χ3v) is 3.43. The molecule has 108 valence electrons. The van der Waals surface area contributed by atoms with E-state index in [1.807, 2.05) is 44.2 Å². The Balaban J connectivity index is 2.69. The van der Waals surface area contributed by atoms with Crippen LogP contribution in [0.25, 0.3) is 0 Å². The lowest BCUT2D eigenvalue weighted by atomic mass is 9.97. The summed E-state index contributed by atoms with van der Waals surface area (Å²) in [7, 11) is 1.79. The lowest BCUT2D eigenvalue weighted by Crippen LogP contribution is -2.27. The van der Waals surface area contributed by atoms with Crippen LogP contribution in [0.4, 0.5) is 5.69 Å². The Morgan fingerprint density at radius 2 is 2.19 bits per heavy atom. The van der Waals surface area contributed by atoms with Crippen LogP contribution in [-0.4, -0.2) is 25.2 Å². The molecule has 1 heterocycles. The monoisotopic (exact) mass is 280 g/mol. The highest BCUT2D eigenvalue weighted by Crippen LogP contribution is 2.27. The molecule has 1 aromatic carbocycles. The van der Waals surface area contributed by atoms with Gasteiger partial charge in [0.05, 0.1) is 11.4 Å². The molecule has 3 nitrogen and oxygen atoms in total. The van der Waals surface area contributed by atoms with Gasteiger partial charge < -0.3 is 4.90 Å². The molecule has 1 aromatic rings. The van der Waals surface area contributed by atoms with Gasteiger partial charge in [0.2, 0.25) is 5.91 Å². The van der Waals surface area contributed by atoms with E-state index in [0.29, 0.717) is 0 Å². The van der Waals surface area contributed by atoms with Gasteiger partial charge in [-0.1, -0.05) is 42.5 Å². The number of aryl methyl sites for hydroxylation is 1. The SMILES string of the molecule is C=C/C=C(\C=C/C)C1=NCC(=O)N(C)c2ccc(C)cc21. The second-order valence-corrected chi connectivity index (χ2v) is 5.00. The molecule has 0 atom stereocenters. The molecule has 0 saturated heterocycles. The van der Waals surface area contributed by atoms with Crippen molar-refractivity contribution in [3.8, 4) is 0 Å². The number of nitrogens with zero attached hydrogens (tertiary/aromatic N) is 2.